The average Bonchev–Trinajstić information content (AvgIpc) is 2.90. The van der Waals surface area contributed by atoms with Crippen LogP contribution in [0.15, 0.2) is 17.5 Å². The van der Waals surface area contributed by atoms with E-state index in [1.165, 1.54) is 4.88 Å². The number of thiocarbonyl (C=S) groups is 1. The highest BCUT2D eigenvalue weighted by Gasteiger charge is 2.14. The summed E-state index contributed by atoms with van der Waals surface area (Å²) in [4.78, 5) is 3.43. The molecule has 0 spiro atoms. The number of ether oxygens (including phenoxy) is 1. The fourth-order valence-corrected chi connectivity index (χ4v) is 2.62. The number of thiophene rings is 1. The Bertz CT molecular complexity index is 341. The van der Waals surface area contributed by atoms with Crippen LogP contribution in [-0.4, -0.2) is 36.8 Å². The van der Waals surface area contributed by atoms with Crippen LogP contribution < -0.4 is 5.32 Å². The van der Waals surface area contributed by atoms with Crippen molar-refractivity contribution in [2.75, 3.05) is 26.8 Å². The highest BCUT2D eigenvalue weighted by Crippen LogP contribution is 2.23. The largest absolute Gasteiger partial charge is 0.382 e. The van der Waals surface area contributed by atoms with Gasteiger partial charge in [0.1, 0.15) is 0 Å². The van der Waals surface area contributed by atoms with Crippen molar-refractivity contribution in [2.24, 2.45) is 0 Å². The number of hydrogen-bond donors (Lipinski definition) is 1. The topological polar surface area (TPSA) is 24.5 Å². The lowest BCUT2D eigenvalue weighted by molar-refractivity contribution is 0.145. The molecule has 1 aromatic heterocycles. The van der Waals surface area contributed by atoms with Crippen LogP contribution in [0.1, 0.15) is 31.2 Å². The van der Waals surface area contributed by atoms with Gasteiger partial charge in [0.2, 0.25) is 0 Å². The second-order valence-corrected chi connectivity index (χ2v) is 5.45. The smallest absolute Gasteiger partial charge is 0.169 e. The fourth-order valence-electron chi connectivity index (χ4n) is 1.53. The molecule has 1 N–H and O–H groups in total. The summed E-state index contributed by atoms with van der Waals surface area (Å²) in [6.45, 7) is 6.60. The van der Waals surface area contributed by atoms with Gasteiger partial charge in [0, 0.05) is 31.7 Å². The SMILES string of the molecule is CCOCCCNC(=S)N(C)C(C)c1cccs1. The number of nitrogens with one attached hydrogen (secondary N) is 1. The Labute approximate surface area is 119 Å². The molecule has 102 valence electrons. The zero-order valence-corrected chi connectivity index (χ0v) is 12.9. The predicted octanol–water partition coefficient (Wildman–Crippen LogP) is 3.04. The summed E-state index contributed by atoms with van der Waals surface area (Å²) in [5.74, 6) is 0. The van der Waals surface area contributed by atoms with Crippen LogP contribution in [0.5, 0.6) is 0 Å². The lowest BCUT2D eigenvalue weighted by Gasteiger charge is -2.27. The van der Waals surface area contributed by atoms with Gasteiger partial charge in [-0.15, -0.1) is 11.3 Å². The Balaban J connectivity index is 2.28. The van der Waals surface area contributed by atoms with Crippen molar-refractivity contribution in [3.05, 3.63) is 22.4 Å². The molecule has 1 heterocycles. The normalized spacial score (nSPS) is 12.2. The summed E-state index contributed by atoms with van der Waals surface area (Å²) in [5.41, 5.74) is 0. The maximum atomic E-state index is 5.38. The minimum absolute atomic E-state index is 0.317. The van der Waals surface area contributed by atoms with E-state index < -0.39 is 0 Å². The van der Waals surface area contributed by atoms with Crippen LogP contribution in [0.4, 0.5) is 0 Å². The molecule has 0 radical (unpaired) electrons. The molecular weight excluding hydrogens is 264 g/mol. The molecule has 1 rings (SSSR count). The molecule has 3 nitrogen and oxygen atoms in total. The summed E-state index contributed by atoms with van der Waals surface area (Å²) < 4.78 is 5.29. The van der Waals surface area contributed by atoms with Gasteiger partial charge >= 0.3 is 0 Å². The van der Waals surface area contributed by atoms with Crippen LogP contribution in [0.25, 0.3) is 0 Å². The van der Waals surface area contributed by atoms with Gasteiger partial charge in [-0.1, -0.05) is 6.07 Å². The second kappa shape index (κ2) is 8.45. The van der Waals surface area contributed by atoms with Crippen molar-refractivity contribution in [3.8, 4) is 0 Å². The van der Waals surface area contributed by atoms with E-state index in [4.69, 9.17) is 17.0 Å². The van der Waals surface area contributed by atoms with Gasteiger partial charge in [0.25, 0.3) is 0 Å². The van der Waals surface area contributed by atoms with E-state index in [1.54, 1.807) is 11.3 Å². The Morgan fingerprint density at radius 1 is 1.61 bits per heavy atom. The molecule has 0 amide bonds. The van der Waals surface area contributed by atoms with Gasteiger partial charge in [-0.05, 0) is 43.9 Å². The van der Waals surface area contributed by atoms with Crippen LogP contribution in [-0.2, 0) is 4.74 Å². The highest BCUT2D eigenvalue weighted by atomic mass is 32.1. The third-order valence-corrected chi connectivity index (χ3v) is 4.28. The van der Waals surface area contributed by atoms with Crippen molar-refractivity contribution in [3.63, 3.8) is 0 Å². The lowest BCUT2D eigenvalue weighted by Crippen LogP contribution is -2.39. The number of hydrogen-bond acceptors (Lipinski definition) is 3. The third-order valence-electron chi connectivity index (χ3n) is 2.80. The first-order chi connectivity index (χ1) is 8.66. The first kappa shape index (κ1) is 15.4. The average molecular weight is 286 g/mol. The molecule has 0 aliphatic carbocycles. The van der Waals surface area contributed by atoms with E-state index in [1.807, 2.05) is 14.0 Å². The molecule has 0 bridgehead atoms. The minimum atomic E-state index is 0.317. The Morgan fingerprint density at radius 3 is 3.00 bits per heavy atom. The van der Waals surface area contributed by atoms with Crippen LogP contribution >= 0.6 is 23.6 Å². The van der Waals surface area contributed by atoms with Gasteiger partial charge in [0.05, 0.1) is 6.04 Å². The molecule has 0 saturated carbocycles. The summed E-state index contributed by atoms with van der Waals surface area (Å²) in [5, 5.41) is 6.16. The van der Waals surface area contributed by atoms with Crippen molar-refractivity contribution in [1.29, 1.82) is 0 Å². The molecule has 1 aromatic rings. The molecule has 18 heavy (non-hydrogen) atoms. The Hall–Kier alpha value is -0.650. The van der Waals surface area contributed by atoms with E-state index in [2.05, 4.69) is 34.7 Å². The van der Waals surface area contributed by atoms with Gasteiger partial charge in [-0.3, -0.25) is 0 Å². The zero-order chi connectivity index (χ0) is 13.4. The Morgan fingerprint density at radius 2 is 2.39 bits per heavy atom. The standard InChI is InChI=1S/C13H22N2OS2/c1-4-16-9-6-8-14-13(17)15(3)11(2)12-7-5-10-18-12/h5,7,10-11H,4,6,8-9H2,1-3H3,(H,14,17). The first-order valence-corrected chi connectivity index (χ1v) is 7.57. The van der Waals surface area contributed by atoms with E-state index >= 15 is 0 Å². The summed E-state index contributed by atoms with van der Waals surface area (Å²) >= 11 is 7.15. The molecule has 0 aliphatic heterocycles. The molecule has 5 heteroatoms. The summed E-state index contributed by atoms with van der Waals surface area (Å²) in [6, 6.07) is 4.53. The van der Waals surface area contributed by atoms with Crippen molar-refractivity contribution in [1.82, 2.24) is 10.2 Å². The molecule has 1 atom stereocenters. The van der Waals surface area contributed by atoms with Crippen LogP contribution in [0, 0.1) is 0 Å². The maximum Gasteiger partial charge on any atom is 0.169 e. The van der Waals surface area contributed by atoms with Gasteiger partial charge in [-0.2, -0.15) is 0 Å². The molecular formula is C13H22N2OS2. The molecule has 0 fully saturated rings. The number of nitrogens with zero attached hydrogens (tertiary/aromatic N) is 1. The second-order valence-electron chi connectivity index (χ2n) is 4.08. The maximum absolute atomic E-state index is 5.38. The monoisotopic (exact) mass is 286 g/mol. The third kappa shape index (κ3) is 4.92. The predicted molar refractivity (Wildman–Crippen MR) is 82.2 cm³/mol. The quantitative estimate of drug-likeness (QED) is 0.615. The van der Waals surface area contributed by atoms with Gasteiger partial charge in [0.15, 0.2) is 5.11 Å². The molecule has 0 saturated heterocycles. The van der Waals surface area contributed by atoms with E-state index in [-0.39, 0.29) is 0 Å². The number of rotatable bonds is 7. The molecule has 0 aromatic carbocycles. The van der Waals surface area contributed by atoms with Crippen LogP contribution in [0.3, 0.4) is 0 Å². The summed E-state index contributed by atoms with van der Waals surface area (Å²) in [7, 11) is 2.03. The van der Waals surface area contributed by atoms with E-state index in [9.17, 15) is 0 Å². The molecule has 0 aliphatic rings. The van der Waals surface area contributed by atoms with Crippen molar-refractivity contribution < 1.29 is 4.74 Å². The van der Waals surface area contributed by atoms with Gasteiger partial charge in [-0.25, -0.2) is 0 Å². The fraction of sp³-hybridized carbons (Fsp3) is 0.615. The minimum Gasteiger partial charge on any atom is -0.382 e. The first-order valence-electron chi connectivity index (χ1n) is 6.28. The summed E-state index contributed by atoms with van der Waals surface area (Å²) in [6.07, 6.45) is 0.981. The highest BCUT2D eigenvalue weighted by molar-refractivity contribution is 7.80. The van der Waals surface area contributed by atoms with Crippen LogP contribution in [0.2, 0.25) is 0 Å². The lowest BCUT2D eigenvalue weighted by atomic mass is 10.2. The van der Waals surface area contributed by atoms with E-state index in [0.29, 0.717) is 6.04 Å². The van der Waals surface area contributed by atoms with E-state index in [0.717, 1.165) is 31.3 Å². The zero-order valence-electron chi connectivity index (χ0n) is 11.3. The van der Waals surface area contributed by atoms with Crippen molar-refractivity contribution >= 4 is 28.7 Å². The van der Waals surface area contributed by atoms with Gasteiger partial charge < -0.3 is 15.0 Å². The Kier molecular flexibility index (Phi) is 7.23. The molecule has 1 unspecified atom stereocenters. The van der Waals surface area contributed by atoms with Crippen molar-refractivity contribution in [2.45, 2.75) is 26.3 Å².